The van der Waals surface area contributed by atoms with Crippen molar-refractivity contribution in [2.24, 2.45) is 11.8 Å². The van der Waals surface area contributed by atoms with Crippen molar-refractivity contribution >= 4 is 23.4 Å². The third-order valence-electron chi connectivity index (χ3n) is 5.54. The van der Waals surface area contributed by atoms with E-state index in [0.717, 1.165) is 17.7 Å². The number of carbonyl (C=O) groups is 3. The molecule has 1 fully saturated rings. The number of rotatable bonds is 6. The lowest BCUT2D eigenvalue weighted by atomic mass is 9.85. The van der Waals surface area contributed by atoms with E-state index in [-0.39, 0.29) is 42.5 Å². The van der Waals surface area contributed by atoms with Gasteiger partial charge in [0, 0.05) is 18.7 Å². The number of hydrogen-bond donors (Lipinski definition) is 1. The summed E-state index contributed by atoms with van der Waals surface area (Å²) >= 11 is 0. The topological polar surface area (TPSA) is 66.5 Å². The molecule has 1 N–H and O–H groups in total. The molecule has 1 aliphatic heterocycles. The van der Waals surface area contributed by atoms with Gasteiger partial charge in [-0.05, 0) is 36.8 Å². The van der Waals surface area contributed by atoms with E-state index < -0.39 is 0 Å². The zero-order valence-corrected chi connectivity index (χ0v) is 15.4. The Hall–Kier alpha value is -2.43. The summed E-state index contributed by atoms with van der Waals surface area (Å²) in [7, 11) is 0. The molecule has 2 aliphatic rings. The number of nitrogens with one attached hydrogen (secondary N) is 1. The maximum atomic E-state index is 12.4. The lowest BCUT2D eigenvalue weighted by Gasteiger charge is -2.17. The molecule has 0 saturated carbocycles. The average molecular weight is 354 g/mol. The van der Waals surface area contributed by atoms with Crippen molar-refractivity contribution in [3.8, 4) is 0 Å². The molecule has 0 unspecified atom stereocenters. The van der Waals surface area contributed by atoms with Gasteiger partial charge in [0.1, 0.15) is 0 Å². The predicted molar refractivity (Wildman–Crippen MR) is 100 cm³/mol. The highest BCUT2D eigenvalue weighted by Crippen LogP contribution is 2.35. The third kappa shape index (κ3) is 3.57. The number of benzene rings is 1. The van der Waals surface area contributed by atoms with Crippen LogP contribution in [0, 0.1) is 11.8 Å². The van der Waals surface area contributed by atoms with Crippen LogP contribution in [0.25, 0.3) is 0 Å². The highest BCUT2D eigenvalue weighted by atomic mass is 16.2. The Bertz CT molecular complexity index is 715. The lowest BCUT2D eigenvalue weighted by Crippen LogP contribution is -2.34. The number of hydrogen-bond acceptors (Lipinski definition) is 3. The van der Waals surface area contributed by atoms with Crippen LogP contribution in [0.2, 0.25) is 0 Å². The molecule has 1 aliphatic carbocycles. The molecule has 138 valence electrons. The van der Waals surface area contributed by atoms with Crippen molar-refractivity contribution in [3.05, 3.63) is 42.0 Å². The number of para-hydroxylation sites is 1. The molecule has 3 atom stereocenters. The average Bonchev–Trinajstić information content (AvgIpc) is 2.91. The number of amides is 3. The van der Waals surface area contributed by atoms with E-state index in [2.05, 4.69) is 19.2 Å². The Balaban J connectivity index is 1.60. The maximum absolute atomic E-state index is 12.4. The smallest absolute Gasteiger partial charge is 0.233 e. The summed E-state index contributed by atoms with van der Waals surface area (Å²) in [5, 5.41) is 2.94. The fourth-order valence-corrected chi connectivity index (χ4v) is 3.78. The highest BCUT2D eigenvalue weighted by Gasteiger charge is 2.46. The molecule has 1 aromatic carbocycles. The normalized spacial score (nSPS) is 23.1. The molecular formula is C21H26N2O3. The van der Waals surface area contributed by atoms with Gasteiger partial charge in [0.05, 0.1) is 11.8 Å². The number of anilines is 1. The fraction of sp³-hybridized carbons (Fsp3) is 0.476. The second-order valence-corrected chi connectivity index (χ2v) is 7.18. The maximum Gasteiger partial charge on any atom is 0.233 e. The van der Waals surface area contributed by atoms with E-state index in [9.17, 15) is 14.4 Å². The quantitative estimate of drug-likeness (QED) is 0.628. The SMILES string of the molecule is CC[C@H](C)c1ccccc1NC(=O)CCN1C(=O)[C@H]2CC=CC[C@@H]2C1=O. The number of fused-ring (bicyclic) bond motifs is 1. The molecule has 3 amide bonds. The van der Waals surface area contributed by atoms with Gasteiger partial charge in [-0.2, -0.15) is 0 Å². The highest BCUT2D eigenvalue weighted by molar-refractivity contribution is 6.05. The van der Waals surface area contributed by atoms with Crippen LogP contribution in [-0.2, 0) is 14.4 Å². The van der Waals surface area contributed by atoms with E-state index in [1.54, 1.807) is 0 Å². The minimum Gasteiger partial charge on any atom is -0.326 e. The van der Waals surface area contributed by atoms with Gasteiger partial charge in [-0.1, -0.05) is 44.2 Å². The lowest BCUT2D eigenvalue weighted by molar-refractivity contribution is -0.140. The molecule has 5 nitrogen and oxygen atoms in total. The van der Waals surface area contributed by atoms with E-state index in [1.807, 2.05) is 36.4 Å². The fourth-order valence-electron chi connectivity index (χ4n) is 3.78. The first kappa shape index (κ1) is 18.4. The summed E-state index contributed by atoms with van der Waals surface area (Å²) in [6.45, 7) is 4.40. The van der Waals surface area contributed by atoms with Crippen molar-refractivity contribution in [2.45, 2.75) is 45.4 Å². The minimum atomic E-state index is -0.235. The number of nitrogens with zero attached hydrogens (tertiary/aromatic N) is 1. The zero-order chi connectivity index (χ0) is 18.7. The summed E-state index contributed by atoms with van der Waals surface area (Å²) in [5.41, 5.74) is 1.91. The van der Waals surface area contributed by atoms with Crippen molar-refractivity contribution in [1.29, 1.82) is 0 Å². The van der Waals surface area contributed by atoms with Gasteiger partial charge in [0.25, 0.3) is 0 Å². The van der Waals surface area contributed by atoms with Gasteiger partial charge < -0.3 is 5.32 Å². The van der Waals surface area contributed by atoms with Crippen molar-refractivity contribution in [2.75, 3.05) is 11.9 Å². The molecular weight excluding hydrogens is 328 g/mol. The summed E-state index contributed by atoms with van der Waals surface area (Å²) in [6.07, 6.45) is 6.29. The van der Waals surface area contributed by atoms with Gasteiger partial charge in [-0.25, -0.2) is 0 Å². The Morgan fingerprint density at radius 1 is 1.15 bits per heavy atom. The summed E-state index contributed by atoms with van der Waals surface area (Å²) < 4.78 is 0. The van der Waals surface area contributed by atoms with E-state index >= 15 is 0 Å². The predicted octanol–water partition coefficient (Wildman–Crippen LogP) is 3.48. The number of likely N-dealkylation sites (tertiary alicyclic amines) is 1. The van der Waals surface area contributed by atoms with Crippen LogP contribution in [0.1, 0.15) is 51.0 Å². The van der Waals surface area contributed by atoms with Gasteiger partial charge in [0.2, 0.25) is 17.7 Å². The molecule has 3 rings (SSSR count). The van der Waals surface area contributed by atoms with E-state index in [0.29, 0.717) is 18.8 Å². The number of allylic oxidation sites excluding steroid dienone is 2. The Kier molecular flexibility index (Phi) is 5.55. The first-order valence-corrected chi connectivity index (χ1v) is 9.42. The monoisotopic (exact) mass is 354 g/mol. The number of imide groups is 1. The zero-order valence-electron chi connectivity index (χ0n) is 15.4. The van der Waals surface area contributed by atoms with Crippen LogP contribution in [0.3, 0.4) is 0 Å². The van der Waals surface area contributed by atoms with Gasteiger partial charge in [-0.15, -0.1) is 0 Å². The van der Waals surface area contributed by atoms with Gasteiger partial charge >= 0.3 is 0 Å². The van der Waals surface area contributed by atoms with Gasteiger partial charge in [-0.3, -0.25) is 19.3 Å². The Labute approximate surface area is 154 Å². The first-order valence-electron chi connectivity index (χ1n) is 9.42. The second kappa shape index (κ2) is 7.85. The Morgan fingerprint density at radius 2 is 1.77 bits per heavy atom. The summed E-state index contributed by atoms with van der Waals surface area (Å²) in [6, 6.07) is 7.78. The third-order valence-corrected chi connectivity index (χ3v) is 5.54. The van der Waals surface area contributed by atoms with Crippen LogP contribution in [0.5, 0.6) is 0 Å². The molecule has 0 aromatic heterocycles. The standard InChI is InChI=1S/C21H26N2O3/c1-3-14(2)15-8-6-7-11-18(15)22-19(24)12-13-23-20(25)16-9-4-5-10-17(16)21(23)26/h4-8,11,14,16-17H,3,9-10,12-13H2,1-2H3,(H,22,24)/t14-,16-,17-/m0/s1. The van der Waals surface area contributed by atoms with Crippen molar-refractivity contribution < 1.29 is 14.4 Å². The summed E-state index contributed by atoms with van der Waals surface area (Å²) in [4.78, 5) is 38.6. The number of carbonyl (C=O) groups excluding carboxylic acids is 3. The second-order valence-electron chi connectivity index (χ2n) is 7.18. The Morgan fingerprint density at radius 3 is 2.38 bits per heavy atom. The molecule has 1 heterocycles. The largest absolute Gasteiger partial charge is 0.326 e. The van der Waals surface area contributed by atoms with E-state index in [1.165, 1.54) is 4.90 Å². The van der Waals surface area contributed by atoms with Crippen LogP contribution in [0.15, 0.2) is 36.4 Å². The van der Waals surface area contributed by atoms with Crippen LogP contribution in [-0.4, -0.2) is 29.2 Å². The van der Waals surface area contributed by atoms with Crippen molar-refractivity contribution in [1.82, 2.24) is 4.90 Å². The molecule has 1 saturated heterocycles. The van der Waals surface area contributed by atoms with Crippen molar-refractivity contribution in [3.63, 3.8) is 0 Å². The van der Waals surface area contributed by atoms with Crippen LogP contribution >= 0.6 is 0 Å². The first-order chi connectivity index (χ1) is 12.5. The van der Waals surface area contributed by atoms with E-state index in [4.69, 9.17) is 0 Å². The minimum absolute atomic E-state index is 0.124. The molecule has 0 radical (unpaired) electrons. The molecule has 0 bridgehead atoms. The molecule has 26 heavy (non-hydrogen) atoms. The summed E-state index contributed by atoms with van der Waals surface area (Å²) in [5.74, 6) is -0.545. The molecule has 1 aromatic rings. The van der Waals surface area contributed by atoms with Crippen LogP contribution < -0.4 is 5.32 Å². The van der Waals surface area contributed by atoms with Crippen LogP contribution in [0.4, 0.5) is 5.69 Å². The van der Waals surface area contributed by atoms with Gasteiger partial charge in [0.15, 0.2) is 0 Å². The molecule has 0 spiro atoms. The molecule has 5 heteroatoms.